The second-order valence-electron chi connectivity index (χ2n) is 4.64. The van der Waals surface area contributed by atoms with Crippen LogP contribution in [0.1, 0.15) is 38.5 Å². The van der Waals surface area contributed by atoms with Crippen molar-refractivity contribution in [2.45, 2.75) is 38.5 Å². The summed E-state index contributed by atoms with van der Waals surface area (Å²) in [7, 11) is 2.39. The van der Waals surface area contributed by atoms with Gasteiger partial charge in [0, 0.05) is 19.4 Å². The molecule has 0 unspecified atom stereocenters. The standard InChI is InChI=1S/C11H24NO.BrH/c1-12(9-5-6-10-12)8-4-2-3-7-11-13;/h13H,2-11H2,1H3;1H/q+1;/p-1. The molecule has 0 amide bonds. The molecule has 0 bridgehead atoms. The van der Waals surface area contributed by atoms with E-state index in [0.29, 0.717) is 6.61 Å². The topological polar surface area (TPSA) is 20.2 Å². The quantitative estimate of drug-likeness (QED) is 0.472. The van der Waals surface area contributed by atoms with Crippen molar-refractivity contribution in [1.82, 2.24) is 0 Å². The molecule has 1 heterocycles. The number of aliphatic hydroxyl groups excluding tert-OH is 1. The third-order valence-electron chi connectivity index (χ3n) is 3.25. The fourth-order valence-corrected chi connectivity index (χ4v) is 2.28. The first-order chi connectivity index (χ1) is 6.27. The summed E-state index contributed by atoms with van der Waals surface area (Å²) in [6.45, 7) is 4.50. The van der Waals surface area contributed by atoms with Crippen LogP contribution in [0.4, 0.5) is 0 Å². The summed E-state index contributed by atoms with van der Waals surface area (Å²) in [4.78, 5) is 0. The van der Waals surface area contributed by atoms with E-state index in [1.807, 2.05) is 0 Å². The molecule has 0 spiro atoms. The van der Waals surface area contributed by atoms with Gasteiger partial charge in [0.15, 0.2) is 0 Å². The van der Waals surface area contributed by atoms with E-state index in [1.165, 1.54) is 56.2 Å². The zero-order valence-corrected chi connectivity index (χ0v) is 10.9. The van der Waals surface area contributed by atoms with Gasteiger partial charge in [0.2, 0.25) is 0 Å². The van der Waals surface area contributed by atoms with Crippen LogP contribution < -0.4 is 17.0 Å². The lowest BCUT2D eigenvalue weighted by Crippen LogP contribution is -3.00. The molecule has 0 atom stereocenters. The van der Waals surface area contributed by atoms with E-state index in [9.17, 15) is 0 Å². The largest absolute Gasteiger partial charge is 1.00 e. The summed E-state index contributed by atoms with van der Waals surface area (Å²) in [5, 5.41) is 8.62. The molecule has 0 aromatic heterocycles. The summed E-state index contributed by atoms with van der Waals surface area (Å²) in [5.74, 6) is 0. The molecule has 1 saturated heterocycles. The molecule has 1 aliphatic heterocycles. The van der Waals surface area contributed by atoms with E-state index in [2.05, 4.69) is 7.05 Å². The Morgan fingerprint density at radius 3 is 2.14 bits per heavy atom. The predicted octanol–water partition coefficient (Wildman–Crippen LogP) is -1.22. The molecule has 14 heavy (non-hydrogen) atoms. The van der Waals surface area contributed by atoms with Crippen molar-refractivity contribution in [2.75, 3.05) is 33.3 Å². The fourth-order valence-electron chi connectivity index (χ4n) is 2.28. The van der Waals surface area contributed by atoms with E-state index >= 15 is 0 Å². The highest BCUT2D eigenvalue weighted by Crippen LogP contribution is 2.17. The summed E-state index contributed by atoms with van der Waals surface area (Å²) < 4.78 is 1.30. The Kier molecular flexibility index (Phi) is 7.88. The Balaban J connectivity index is 0.00000169. The van der Waals surface area contributed by atoms with Crippen molar-refractivity contribution in [1.29, 1.82) is 0 Å². The third-order valence-corrected chi connectivity index (χ3v) is 3.25. The van der Waals surface area contributed by atoms with E-state index in [1.54, 1.807) is 0 Å². The van der Waals surface area contributed by atoms with E-state index in [-0.39, 0.29) is 17.0 Å². The maximum absolute atomic E-state index is 8.62. The monoisotopic (exact) mass is 265 g/mol. The highest BCUT2D eigenvalue weighted by molar-refractivity contribution is 4.52. The van der Waals surface area contributed by atoms with Crippen LogP contribution in [0.2, 0.25) is 0 Å². The van der Waals surface area contributed by atoms with E-state index in [0.717, 1.165) is 6.42 Å². The van der Waals surface area contributed by atoms with Crippen molar-refractivity contribution in [3.63, 3.8) is 0 Å². The lowest BCUT2D eigenvalue weighted by Gasteiger charge is -2.29. The van der Waals surface area contributed by atoms with Crippen molar-refractivity contribution < 1.29 is 26.6 Å². The molecule has 0 aromatic carbocycles. The molecule has 2 nitrogen and oxygen atoms in total. The van der Waals surface area contributed by atoms with Crippen molar-refractivity contribution in [2.24, 2.45) is 0 Å². The number of aliphatic hydroxyl groups is 1. The number of likely N-dealkylation sites (tertiary alicyclic amines) is 1. The van der Waals surface area contributed by atoms with Crippen LogP contribution in [0.25, 0.3) is 0 Å². The first-order valence-electron chi connectivity index (χ1n) is 5.71. The minimum Gasteiger partial charge on any atom is -1.00 e. The molecule has 1 aliphatic rings. The van der Waals surface area contributed by atoms with Gasteiger partial charge in [-0.2, -0.15) is 0 Å². The van der Waals surface area contributed by atoms with Gasteiger partial charge in [-0.25, -0.2) is 0 Å². The van der Waals surface area contributed by atoms with Crippen LogP contribution in [-0.4, -0.2) is 42.9 Å². The normalized spacial score (nSPS) is 19.3. The molecule has 1 rings (SSSR count). The molecule has 0 aliphatic carbocycles. The maximum atomic E-state index is 8.62. The second-order valence-corrected chi connectivity index (χ2v) is 4.64. The zero-order chi connectivity index (χ0) is 9.57. The molecular formula is C11H24BrNO. The molecule has 3 heteroatoms. The van der Waals surface area contributed by atoms with Gasteiger partial charge in [-0.05, 0) is 19.3 Å². The Hall–Kier alpha value is 0.400. The molecule has 0 radical (unpaired) electrons. The predicted molar refractivity (Wildman–Crippen MR) is 55.6 cm³/mol. The average molecular weight is 266 g/mol. The van der Waals surface area contributed by atoms with Crippen molar-refractivity contribution >= 4 is 0 Å². The molecule has 1 N–H and O–H groups in total. The average Bonchev–Trinajstić information content (AvgIpc) is 2.53. The minimum absolute atomic E-state index is 0. The number of nitrogens with zero attached hydrogens (tertiary/aromatic N) is 1. The van der Waals surface area contributed by atoms with E-state index in [4.69, 9.17) is 5.11 Å². The Bertz CT molecular complexity index is 135. The summed E-state index contributed by atoms with van der Waals surface area (Å²) >= 11 is 0. The van der Waals surface area contributed by atoms with Crippen LogP contribution in [-0.2, 0) is 0 Å². The van der Waals surface area contributed by atoms with Crippen LogP contribution in [0, 0.1) is 0 Å². The number of quaternary nitrogens is 1. The van der Waals surface area contributed by atoms with Gasteiger partial charge >= 0.3 is 0 Å². The number of hydrogen-bond donors (Lipinski definition) is 1. The first kappa shape index (κ1) is 14.4. The Labute approximate surface area is 98.7 Å². The first-order valence-corrected chi connectivity index (χ1v) is 5.71. The smallest absolute Gasteiger partial charge is 0.0786 e. The summed E-state index contributed by atoms with van der Waals surface area (Å²) in [5.41, 5.74) is 0. The zero-order valence-electron chi connectivity index (χ0n) is 9.34. The van der Waals surface area contributed by atoms with Crippen molar-refractivity contribution in [3.05, 3.63) is 0 Å². The van der Waals surface area contributed by atoms with Gasteiger partial charge in [-0.3, -0.25) is 0 Å². The lowest BCUT2D eigenvalue weighted by atomic mass is 10.2. The van der Waals surface area contributed by atoms with Gasteiger partial charge in [-0.15, -0.1) is 0 Å². The molecule has 1 fully saturated rings. The van der Waals surface area contributed by atoms with Gasteiger partial charge in [-0.1, -0.05) is 6.42 Å². The van der Waals surface area contributed by atoms with Gasteiger partial charge in [0.05, 0.1) is 26.7 Å². The number of halogens is 1. The van der Waals surface area contributed by atoms with Crippen molar-refractivity contribution in [3.8, 4) is 0 Å². The number of unbranched alkanes of at least 4 members (excludes halogenated alkanes) is 3. The molecule has 0 aromatic rings. The maximum Gasteiger partial charge on any atom is 0.0786 e. The molecule has 86 valence electrons. The van der Waals surface area contributed by atoms with Gasteiger partial charge in [0.25, 0.3) is 0 Å². The third kappa shape index (κ3) is 5.32. The lowest BCUT2D eigenvalue weighted by molar-refractivity contribution is -0.897. The fraction of sp³-hybridized carbons (Fsp3) is 1.00. The SMILES string of the molecule is C[N+]1(CCCCCCO)CCCC1.[Br-]. The van der Waals surface area contributed by atoms with E-state index < -0.39 is 0 Å². The minimum atomic E-state index is 0. The molecule has 0 saturated carbocycles. The molecular weight excluding hydrogens is 242 g/mol. The Morgan fingerprint density at radius 2 is 1.57 bits per heavy atom. The van der Waals surface area contributed by atoms with Gasteiger partial charge < -0.3 is 26.6 Å². The second kappa shape index (κ2) is 7.66. The number of hydrogen-bond acceptors (Lipinski definition) is 1. The van der Waals surface area contributed by atoms with Gasteiger partial charge in [0.1, 0.15) is 0 Å². The summed E-state index contributed by atoms with van der Waals surface area (Å²) in [6.07, 6.45) is 7.69. The van der Waals surface area contributed by atoms with Crippen LogP contribution in [0.3, 0.4) is 0 Å². The van der Waals surface area contributed by atoms with Crippen LogP contribution in [0.15, 0.2) is 0 Å². The summed E-state index contributed by atoms with van der Waals surface area (Å²) in [6, 6.07) is 0. The van der Waals surface area contributed by atoms with Crippen LogP contribution >= 0.6 is 0 Å². The number of rotatable bonds is 6. The Morgan fingerprint density at radius 1 is 1.00 bits per heavy atom. The highest BCUT2D eigenvalue weighted by Gasteiger charge is 2.25. The highest BCUT2D eigenvalue weighted by atomic mass is 79.9. The van der Waals surface area contributed by atoms with Crippen LogP contribution in [0.5, 0.6) is 0 Å².